The Morgan fingerprint density at radius 3 is 2.42 bits per heavy atom. The van der Waals surface area contributed by atoms with Crippen LogP contribution in [0.5, 0.6) is 11.6 Å². The maximum absolute atomic E-state index is 13.0. The number of urea groups is 1. The molecule has 0 bridgehead atoms. The summed E-state index contributed by atoms with van der Waals surface area (Å²) in [6, 6.07) is 14.0. The molecule has 210 valence electrons. The summed E-state index contributed by atoms with van der Waals surface area (Å²) in [5.74, 6) is 1.06. The van der Waals surface area contributed by atoms with E-state index in [1.807, 2.05) is 0 Å². The number of likely N-dealkylation sites (tertiary alicyclic amines) is 1. The third kappa shape index (κ3) is 8.95. The van der Waals surface area contributed by atoms with E-state index in [9.17, 15) is 14.0 Å². The van der Waals surface area contributed by atoms with Crippen LogP contribution in [-0.2, 0) is 11.2 Å². The Hall–Kier alpha value is -4.16. The molecule has 40 heavy (non-hydrogen) atoms. The number of carbonyl (C=O) groups is 2. The van der Waals surface area contributed by atoms with Crippen LogP contribution in [0.15, 0.2) is 60.9 Å². The number of aromatic nitrogens is 2. The lowest BCUT2D eigenvalue weighted by Crippen LogP contribution is -2.42. The smallest absolute Gasteiger partial charge is 0.323 e. The number of piperidine rings is 1. The number of anilines is 2. The van der Waals surface area contributed by atoms with Gasteiger partial charge in [-0.15, -0.1) is 0 Å². The van der Waals surface area contributed by atoms with E-state index < -0.39 is 0 Å². The maximum atomic E-state index is 13.0. The van der Waals surface area contributed by atoms with Crippen molar-refractivity contribution in [3.05, 3.63) is 72.3 Å². The number of nitrogens with one attached hydrogen (secondary N) is 3. The minimum atomic E-state index is -0.359. The summed E-state index contributed by atoms with van der Waals surface area (Å²) < 4.78 is 18.8. The minimum absolute atomic E-state index is 0.0749. The summed E-state index contributed by atoms with van der Waals surface area (Å²) in [6.45, 7) is 2.45. The number of amides is 3. The highest BCUT2D eigenvalue weighted by Crippen LogP contribution is 2.23. The summed E-state index contributed by atoms with van der Waals surface area (Å²) in [5, 5.41) is 8.50. The molecule has 0 spiro atoms. The molecule has 2 aromatic carbocycles. The first-order valence-corrected chi connectivity index (χ1v) is 13.3. The molecule has 0 atom stereocenters. The van der Waals surface area contributed by atoms with Gasteiger partial charge < -0.3 is 25.2 Å². The topological polar surface area (TPSA) is 112 Å². The number of thiocarbonyl (C=S) groups is 1. The van der Waals surface area contributed by atoms with E-state index in [1.54, 1.807) is 47.4 Å². The van der Waals surface area contributed by atoms with Crippen LogP contribution < -0.4 is 20.7 Å². The van der Waals surface area contributed by atoms with Gasteiger partial charge in [-0.3, -0.25) is 10.1 Å². The van der Waals surface area contributed by atoms with E-state index in [0.717, 1.165) is 19.4 Å². The number of carbonyl (C=O) groups excluding carboxylic acids is 2. The zero-order chi connectivity index (χ0) is 28.5. The van der Waals surface area contributed by atoms with Crippen LogP contribution >= 0.6 is 12.2 Å². The zero-order valence-corrected chi connectivity index (χ0v) is 23.2. The first kappa shape index (κ1) is 28.8. The highest BCUT2D eigenvalue weighted by Gasteiger charge is 2.23. The molecule has 12 heteroatoms. The van der Waals surface area contributed by atoms with Gasteiger partial charge in [-0.25, -0.2) is 19.2 Å². The Kier molecular flexibility index (Phi) is 9.92. The zero-order valence-electron chi connectivity index (χ0n) is 22.4. The molecule has 0 radical (unpaired) electrons. The molecular formula is C28H32FN7O3S. The molecule has 0 saturated carbocycles. The molecule has 1 aliphatic heterocycles. The Morgan fingerprint density at radius 2 is 1.75 bits per heavy atom. The average molecular weight is 566 g/mol. The third-order valence-corrected chi connectivity index (χ3v) is 6.47. The van der Waals surface area contributed by atoms with E-state index in [1.165, 1.54) is 18.5 Å². The molecule has 4 rings (SSSR count). The lowest BCUT2D eigenvalue weighted by Gasteiger charge is -2.33. The van der Waals surface area contributed by atoms with E-state index in [-0.39, 0.29) is 35.2 Å². The second-order valence-electron chi connectivity index (χ2n) is 9.80. The highest BCUT2D eigenvalue weighted by atomic mass is 32.1. The van der Waals surface area contributed by atoms with Crippen molar-refractivity contribution in [3.8, 4) is 11.6 Å². The van der Waals surface area contributed by atoms with Gasteiger partial charge in [-0.05, 0) is 87.0 Å². The van der Waals surface area contributed by atoms with E-state index in [2.05, 4.69) is 44.9 Å². The Bertz CT molecular complexity index is 1310. The van der Waals surface area contributed by atoms with Gasteiger partial charge in [-0.1, -0.05) is 12.1 Å². The van der Waals surface area contributed by atoms with Crippen LogP contribution in [0.25, 0.3) is 0 Å². The fourth-order valence-corrected chi connectivity index (χ4v) is 4.57. The normalized spacial score (nSPS) is 13.6. The van der Waals surface area contributed by atoms with Gasteiger partial charge in [0, 0.05) is 31.4 Å². The largest absolute Gasteiger partial charge is 0.439 e. The Labute approximate surface area is 237 Å². The van der Waals surface area contributed by atoms with Gasteiger partial charge in [0.15, 0.2) is 5.11 Å². The lowest BCUT2D eigenvalue weighted by molar-refractivity contribution is -0.119. The van der Waals surface area contributed by atoms with E-state index in [0.29, 0.717) is 41.8 Å². The molecule has 1 aromatic heterocycles. The summed E-state index contributed by atoms with van der Waals surface area (Å²) in [6.07, 6.45) is 3.35. The van der Waals surface area contributed by atoms with Crippen molar-refractivity contribution >= 4 is 40.8 Å². The summed E-state index contributed by atoms with van der Waals surface area (Å²) in [4.78, 5) is 37.1. The van der Waals surface area contributed by atoms with Crippen LogP contribution in [0.1, 0.15) is 18.4 Å². The molecule has 10 nitrogen and oxygen atoms in total. The predicted molar refractivity (Wildman–Crippen MR) is 155 cm³/mol. The molecule has 3 N–H and O–H groups in total. The van der Waals surface area contributed by atoms with Crippen molar-refractivity contribution in [2.45, 2.75) is 19.3 Å². The third-order valence-electron chi connectivity index (χ3n) is 6.27. The van der Waals surface area contributed by atoms with Gasteiger partial charge in [-0.2, -0.15) is 0 Å². The van der Waals surface area contributed by atoms with Gasteiger partial charge in [0.2, 0.25) is 11.8 Å². The van der Waals surface area contributed by atoms with Crippen molar-refractivity contribution in [2.24, 2.45) is 5.92 Å². The van der Waals surface area contributed by atoms with Crippen LogP contribution in [0.3, 0.4) is 0 Å². The standard InChI is InChI=1S/C28H32FN7O3S/c1-35(2)17-20-11-13-36(14-12-20)28(38)33-24-16-26(31-18-30-24)39-23-9-7-22(8-10-23)32-27(40)34-25(37)15-19-3-5-21(29)6-4-19/h3-10,16,18,20H,11-15,17H2,1-2H3,(H,30,31,33,38)(H2,32,34,37,40). The maximum Gasteiger partial charge on any atom is 0.323 e. The molecule has 2 heterocycles. The van der Waals surface area contributed by atoms with Gasteiger partial charge in [0.25, 0.3) is 0 Å². The number of rotatable bonds is 8. The fraction of sp³-hybridized carbons (Fsp3) is 0.321. The highest BCUT2D eigenvalue weighted by molar-refractivity contribution is 7.80. The average Bonchev–Trinajstić information content (AvgIpc) is 2.91. The molecule has 1 fully saturated rings. The molecule has 3 aromatic rings. The summed E-state index contributed by atoms with van der Waals surface area (Å²) in [5.41, 5.74) is 1.32. The minimum Gasteiger partial charge on any atom is -0.439 e. The summed E-state index contributed by atoms with van der Waals surface area (Å²) >= 11 is 5.21. The first-order valence-electron chi connectivity index (χ1n) is 12.9. The van der Waals surface area contributed by atoms with Crippen molar-refractivity contribution in [2.75, 3.05) is 44.4 Å². The Morgan fingerprint density at radius 1 is 1.05 bits per heavy atom. The van der Waals surface area contributed by atoms with Gasteiger partial charge in [0.1, 0.15) is 23.7 Å². The van der Waals surface area contributed by atoms with Gasteiger partial charge >= 0.3 is 6.03 Å². The van der Waals surface area contributed by atoms with Crippen molar-refractivity contribution in [1.82, 2.24) is 25.1 Å². The van der Waals surface area contributed by atoms with Crippen molar-refractivity contribution in [3.63, 3.8) is 0 Å². The predicted octanol–water partition coefficient (Wildman–Crippen LogP) is 4.27. The molecule has 0 unspecified atom stereocenters. The van der Waals surface area contributed by atoms with Crippen LogP contribution in [0, 0.1) is 11.7 Å². The number of nitrogens with zero attached hydrogens (tertiary/aromatic N) is 4. The molecule has 3 amide bonds. The SMILES string of the molecule is CN(C)CC1CCN(C(=O)Nc2cc(Oc3ccc(NC(=S)NC(=O)Cc4ccc(F)cc4)cc3)ncn2)CC1. The van der Waals surface area contributed by atoms with Crippen molar-refractivity contribution in [1.29, 1.82) is 0 Å². The van der Waals surface area contributed by atoms with E-state index >= 15 is 0 Å². The lowest BCUT2D eigenvalue weighted by atomic mass is 9.97. The molecule has 1 saturated heterocycles. The number of benzene rings is 2. The van der Waals surface area contributed by atoms with E-state index in [4.69, 9.17) is 17.0 Å². The molecule has 0 aliphatic carbocycles. The van der Waals surface area contributed by atoms with Crippen LogP contribution in [0.4, 0.5) is 20.7 Å². The monoisotopic (exact) mass is 565 g/mol. The second kappa shape index (κ2) is 13.8. The van der Waals surface area contributed by atoms with Gasteiger partial charge in [0.05, 0.1) is 6.42 Å². The quantitative estimate of drug-likeness (QED) is 0.348. The molecular weight excluding hydrogens is 533 g/mol. The van der Waals surface area contributed by atoms with Crippen molar-refractivity contribution < 1.29 is 18.7 Å². The molecule has 1 aliphatic rings. The fourth-order valence-electron chi connectivity index (χ4n) is 4.34. The summed E-state index contributed by atoms with van der Waals surface area (Å²) in [7, 11) is 4.13. The number of hydrogen-bond donors (Lipinski definition) is 3. The Balaban J connectivity index is 1.24. The first-order chi connectivity index (χ1) is 19.2. The second-order valence-corrected chi connectivity index (χ2v) is 10.2. The number of halogens is 1. The van der Waals surface area contributed by atoms with Crippen LogP contribution in [-0.4, -0.2) is 70.5 Å². The number of ether oxygens (including phenoxy) is 1. The number of hydrogen-bond acceptors (Lipinski definition) is 7. The van der Waals surface area contributed by atoms with Crippen LogP contribution in [0.2, 0.25) is 0 Å².